The van der Waals surface area contributed by atoms with Gasteiger partial charge in [-0.3, -0.25) is 9.59 Å². The van der Waals surface area contributed by atoms with Crippen LogP contribution in [0.3, 0.4) is 0 Å². The summed E-state index contributed by atoms with van der Waals surface area (Å²) in [5.74, 6) is -1.01. The summed E-state index contributed by atoms with van der Waals surface area (Å²) in [6.07, 6.45) is 1.85. The molecule has 2 saturated carbocycles. The van der Waals surface area contributed by atoms with Crippen LogP contribution in [0, 0.1) is 16.7 Å². The van der Waals surface area contributed by atoms with Gasteiger partial charge in [0, 0.05) is 17.6 Å². The minimum absolute atomic E-state index is 0.0207. The van der Waals surface area contributed by atoms with Crippen molar-refractivity contribution in [3.8, 4) is 0 Å². The van der Waals surface area contributed by atoms with Crippen molar-refractivity contribution >= 4 is 33.5 Å². The molecular formula is C20H25NO5S2. The molecule has 0 amide bonds. The zero-order valence-electron chi connectivity index (χ0n) is 16.0. The summed E-state index contributed by atoms with van der Waals surface area (Å²) in [5, 5.41) is 9.09. The SMILES string of the molecule is CC1(C)C2CCC1(CS(=O)(=O)N1C(C(=O)O)CSC1c1ccccc1)C(=O)C2. The largest absolute Gasteiger partial charge is 0.480 e. The van der Waals surface area contributed by atoms with E-state index in [0.717, 1.165) is 16.3 Å². The first kappa shape index (κ1) is 19.9. The number of nitrogens with zero attached hydrogens (tertiary/aromatic N) is 1. The standard InChI is InChI=1S/C20H25NO5S2/c1-19(2)14-8-9-20(19,16(22)10-14)12-28(25,26)21-15(18(23)24)11-27-17(21)13-6-4-3-5-7-13/h3-7,14-15,17H,8-12H2,1-2H3,(H,23,24). The van der Waals surface area contributed by atoms with E-state index in [2.05, 4.69) is 0 Å². The van der Waals surface area contributed by atoms with Gasteiger partial charge in [0.1, 0.15) is 11.8 Å². The predicted octanol–water partition coefficient (Wildman–Crippen LogP) is 2.91. The van der Waals surface area contributed by atoms with Crippen molar-refractivity contribution in [3.05, 3.63) is 35.9 Å². The molecule has 6 nitrogen and oxygen atoms in total. The second kappa shape index (κ2) is 6.57. The Morgan fingerprint density at radius 1 is 1.29 bits per heavy atom. The Hall–Kier alpha value is -1.38. The van der Waals surface area contributed by atoms with Crippen molar-refractivity contribution < 1.29 is 23.1 Å². The first-order chi connectivity index (χ1) is 13.1. The number of hydrogen-bond donors (Lipinski definition) is 1. The molecule has 4 atom stereocenters. The molecule has 1 aliphatic heterocycles. The minimum Gasteiger partial charge on any atom is -0.480 e. The molecule has 1 aromatic carbocycles. The third-order valence-electron chi connectivity index (χ3n) is 7.21. The maximum absolute atomic E-state index is 13.6. The lowest BCUT2D eigenvalue weighted by atomic mass is 9.70. The number of aliphatic carboxylic acids is 1. The first-order valence-electron chi connectivity index (χ1n) is 9.54. The fraction of sp³-hybridized carbons (Fsp3) is 0.600. The Bertz CT molecular complexity index is 914. The molecule has 152 valence electrons. The van der Waals surface area contributed by atoms with Gasteiger partial charge in [0.05, 0.1) is 11.1 Å². The van der Waals surface area contributed by atoms with Crippen LogP contribution >= 0.6 is 11.8 Å². The second-order valence-corrected chi connectivity index (χ2v) is 11.7. The third kappa shape index (κ3) is 2.75. The van der Waals surface area contributed by atoms with Gasteiger partial charge in [-0.25, -0.2) is 8.42 Å². The molecule has 1 heterocycles. The third-order valence-corrected chi connectivity index (χ3v) is 10.6. The highest BCUT2D eigenvalue weighted by Crippen LogP contribution is 2.64. The molecule has 4 unspecified atom stereocenters. The zero-order chi connectivity index (χ0) is 20.3. The van der Waals surface area contributed by atoms with Gasteiger partial charge in [0.2, 0.25) is 10.0 Å². The lowest BCUT2D eigenvalue weighted by molar-refractivity contribution is -0.140. The summed E-state index contributed by atoms with van der Waals surface area (Å²) in [7, 11) is -3.97. The Labute approximate surface area is 169 Å². The normalized spacial score (nSPS) is 34.8. The lowest BCUT2D eigenvalue weighted by Crippen LogP contribution is -2.50. The molecule has 0 aromatic heterocycles. The van der Waals surface area contributed by atoms with Gasteiger partial charge >= 0.3 is 5.97 Å². The highest BCUT2D eigenvalue weighted by molar-refractivity contribution is 8.01. The second-order valence-electron chi connectivity index (χ2n) is 8.70. The molecule has 3 aliphatic rings. The van der Waals surface area contributed by atoms with Crippen molar-refractivity contribution in [3.63, 3.8) is 0 Å². The molecule has 28 heavy (non-hydrogen) atoms. The Balaban J connectivity index is 1.73. The average Bonchev–Trinajstić information content (AvgIpc) is 3.23. The molecule has 2 aliphatic carbocycles. The van der Waals surface area contributed by atoms with Crippen LogP contribution in [0.1, 0.15) is 44.0 Å². The van der Waals surface area contributed by atoms with E-state index in [9.17, 15) is 23.1 Å². The molecule has 4 rings (SSSR count). The summed E-state index contributed by atoms with van der Waals surface area (Å²) >= 11 is 1.32. The number of fused-ring (bicyclic) bond motifs is 2. The van der Waals surface area contributed by atoms with Gasteiger partial charge in [-0.15, -0.1) is 11.8 Å². The van der Waals surface area contributed by atoms with E-state index in [1.807, 2.05) is 44.2 Å². The van der Waals surface area contributed by atoms with Crippen molar-refractivity contribution in [2.75, 3.05) is 11.5 Å². The Morgan fingerprint density at radius 3 is 2.50 bits per heavy atom. The van der Waals surface area contributed by atoms with Crippen LogP contribution in [0.15, 0.2) is 30.3 Å². The van der Waals surface area contributed by atoms with Crippen LogP contribution in [-0.4, -0.2) is 47.1 Å². The van der Waals surface area contributed by atoms with E-state index in [1.54, 1.807) is 0 Å². The van der Waals surface area contributed by atoms with Crippen molar-refractivity contribution in [1.29, 1.82) is 0 Å². The quantitative estimate of drug-likeness (QED) is 0.783. The molecule has 8 heteroatoms. The fourth-order valence-corrected chi connectivity index (χ4v) is 9.76. The van der Waals surface area contributed by atoms with E-state index in [0.29, 0.717) is 12.8 Å². The van der Waals surface area contributed by atoms with E-state index in [-0.39, 0.29) is 28.6 Å². The number of carboxylic acids is 1. The number of thioether (sulfide) groups is 1. The van der Waals surface area contributed by atoms with Gasteiger partial charge < -0.3 is 5.11 Å². The molecule has 2 bridgehead atoms. The van der Waals surface area contributed by atoms with Crippen LogP contribution in [0.2, 0.25) is 0 Å². The molecule has 1 N–H and O–H groups in total. The highest BCUT2D eigenvalue weighted by Gasteiger charge is 2.66. The molecular weight excluding hydrogens is 398 g/mol. The average molecular weight is 424 g/mol. The number of carbonyl (C=O) groups is 2. The van der Waals surface area contributed by atoms with E-state index >= 15 is 0 Å². The number of rotatable bonds is 5. The smallest absolute Gasteiger partial charge is 0.322 e. The lowest BCUT2D eigenvalue weighted by Gasteiger charge is -2.38. The van der Waals surface area contributed by atoms with E-state index < -0.39 is 32.8 Å². The Morgan fingerprint density at radius 2 is 1.96 bits per heavy atom. The van der Waals surface area contributed by atoms with Gasteiger partial charge in [-0.05, 0) is 29.7 Å². The van der Waals surface area contributed by atoms with E-state index in [1.165, 1.54) is 11.8 Å². The van der Waals surface area contributed by atoms with Crippen molar-refractivity contribution in [2.24, 2.45) is 16.7 Å². The minimum atomic E-state index is -3.97. The maximum atomic E-state index is 13.6. The van der Waals surface area contributed by atoms with Crippen LogP contribution in [0.4, 0.5) is 0 Å². The molecule has 0 spiro atoms. The number of benzene rings is 1. The summed E-state index contributed by atoms with van der Waals surface area (Å²) in [5.41, 5.74) is -0.530. The fourth-order valence-electron chi connectivity index (χ4n) is 5.37. The number of Topliss-reactive ketones (excluding diaryl/α,β-unsaturated/α-hetero) is 1. The predicted molar refractivity (Wildman–Crippen MR) is 107 cm³/mol. The summed E-state index contributed by atoms with van der Waals surface area (Å²) in [6, 6.07) is 8.00. The van der Waals surface area contributed by atoms with Crippen LogP contribution < -0.4 is 0 Å². The number of carbonyl (C=O) groups excluding carboxylic acids is 1. The number of ketones is 1. The molecule has 0 radical (unpaired) electrons. The number of hydrogen-bond acceptors (Lipinski definition) is 5. The monoisotopic (exact) mass is 423 g/mol. The van der Waals surface area contributed by atoms with Gasteiger partial charge in [-0.1, -0.05) is 44.2 Å². The molecule has 1 aromatic rings. The van der Waals surface area contributed by atoms with Crippen LogP contribution in [-0.2, 0) is 19.6 Å². The maximum Gasteiger partial charge on any atom is 0.322 e. The van der Waals surface area contributed by atoms with Crippen LogP contribution in [0.25, 0.3) is 0 Å². The number of sulfonamides is 1. The molecule has 3 fully saturated rings. The van der Waals surface area contributed by atoms with E-state index in [4.69, 9.17) is 0 Å². The molecule has 1 saturated heterocycles. The van der Waals surface area contributed by atoms with Crippen molar-refractivity contribution in [2.45, 2.75) is 44.5 Å². The summed E-state index contributed by atoms with van der Waals surface area (Å²) in [4.78, 5) is 24.7. The summed E-state index contributed by atoms with van der Waals surface area (Å²) in [6.45, 7) is 3.99. The van der Waals surface area contributed by atoms with Gasteiger partial charge in [0.15, 0.2) is 0 Å². The number of carboxylic acid groups (broad SMARTS) is 1. The van der Waals surface area contributed by atoms with Crippen molar-refractivity contribution in [1.82, 2.24) is 4.31 Å². The van der Waals surface area contributed by atoms with Gasteiger partial charge in [-0.2, -0.15) is 4.31 Å². The topological polar surface area (TPSA) is 91.8 Å². The zero-order valence-corrected chi connectivity index (χ0v) is 17.6. The Kier molecular flexibility index (Phi) is 4.67. The van der Waals surface area contributed by atoms with Crippen LogP contribution in [0.5, 0.6) is 0 Å². The summed E-state index contributed by atoms with van der Waals surface area (Å²) < 4.78 is 28.4. The highest BCUT2D eigenvalue weighted by atomic mass is 32.2. The first-order valence-corrected chi connectivity index (χ1v) is 12.2. The van der Waals surface area contributed by atoms with Gasteiger partial charge in [0.25, 0.3) is 0 Å².